The van der Waals surface area contributed by atoms with Gasteiger partial charge in [0, 0.05) is 12.2 Å². The number of rotatable bonds is 5. The number of aliphatic hydroxyl groups excluding tert-OH is 1. The Bertz CT molecular complexity index is 407. The van der Waals surface area contributed by atoms with Crippen LogP contribution in [0.15, 0.2) is 12.1 Å². The lowest BCUT2D eigenvalue weighted by Crippen LogP contribution is -2.39. The predicted octanol–water partition coefficient (Wildman–Crippen LogP) is 1.52. The van der Waals surface area contributed by atoms with Crippen LogP contribution in [0.3, 0.4) is 0 Å². The van der Waals surface area contributed by atoms with Crippen molar-refractivity contribution in [3.63, 3.8) is 0 Å². The highest BCUT2D eigenvalue weighted by atomic mass is 16.3. The summed E-state index contributed by atoms with van der Waals surface area (Å²) < 4.78 is 0. The predicted molar refractivity (Wildman–Crippen MR) is 73.8 cm³/mol. The van der Waals surface area contributed by atoms with Gasteiger partial charge >= 0.3 is 0 Å². The first-order valence-corrected chi connectivity index (χ1v) is 6.18. The van der Waals surface area contributed by atoms with Gasteiger partial charge in [-0.1, -0.05) is 17.7 Å². The van der Waals surface area contributed by atoms with Crippen LogP contribution in [-0.2, 0) is 4.79 Å². The van der Waals surface area contributed by atoms with Crippen molar-refractivity contribution in [3.05, 3.63) is 28.8 Å². The maximum Gasteiger partial charge on any atom is 0.241 e. The maximum absolute atomic E-state index is 12.0. The van der Waals surface area contributed by atoms with Crippen molar-refractivity contribution in [1.29, 1.82) is 0 Å². The van der Waals surface area contributed by atoms with Gasteiger partial charge in [0.25, 0.3) is 0 Å². The standard InChI is InChI=1S/C14H22N2O2/c1-9-7-10(2)13(11(3)8-9)16-14(18)12(4)15-5-6-17/h7-8,12,15,17H,5-6H2,1-4H3,(H,16,18). The Morgan fingerprint density at radius 2 is 1.83 bits per heavy atom. The summed E-state index contributed by atoms with van der Waals surface area (Å²) in [4.78, 5) is 12.0. The van der Waals surface area contributed by atoms with E-state index in [1.165, 1.54) is 5.56 Å². The first-order valence-electron chi connectivity index (χ1n) is 6.18. The molecular formula is C14H22N2O2. The number of amides is 1. The monoisotopic (exact) mass is 250 g/mol. The highest BCUT2D eigenvalue weighted by molar-refractivity contribution is 5.95. The minimum absolute atomic E-state index is 0.0280. The number of carbonyl (C=O) groups is 1. The third kappa shape index (κ3) is 3.82. The van der Waals surface area contributed by atoms with E-state index in [4.69, 9.17) is 5.11 Å². The summed E-state index contributed by atoms with van der Waals surface area (Å²) in [5.41, 5.74) is 4.20. The normalized spacial score (nSPS) is 12.3. The maximum atomic E-state index is 12.0. The van der Waals surface area contributed by atoms with Crippen molar-refractivity contribution in [3.8, 4) is 0 Å². The van der Waals surface area contributed by atoms with E-state index in [0.29, 0.717) is 6.54 Å². The van der Waals surface area contributed by atoms with Gasteiger partial charge in [-0.2, -0.15) is 0 Å². The second kappa shape index (κ2) is 6.52. The molecule has 0 aliphatic rings. The van der Waals surface area contributed by atoms with Crippen LogP contribution in [0.25, 0.3) is 0 Å². The van der Waals surface area contributed by atoms with Crippen LogP contribution >= 0.6 is 0 Å². The van der Waals surface area contributed by atoms with Gasteiger partial charge in [0.1, 0.15) is 0 Å². The fourth-order valence-electron chi connectivity index (χ4n) is 1.98. The van der Waals surface area contributed by atoms with Crippen molar-refractivity contribution < 1.29 is 9.90 Å². The lowest BCUT2D eigenvalue weighted by Gasteiger charge is -2.17. The van der Waals surface area contributed by atoms with Gasteiger partial charge in [0.2, 0.25) is 5.91 Å². The zero-order chi connectivity index (χ0) is 13.7. The first-order chi connectivity index (χ1) is 8.45. The minimum Gasteiger partial charge on any atom is -0.395 e. The van der Waals surface area contributed by atoms with Crippen molar-refractivity contribution >= 4 is 11.6 Å². The molecule has 100 valence electrons. The molecule has 0 saturated heterocycles. The molecule has 0 fully saturated rings. The van der Waals surface area contributed by atoms with Crippen LogP contribution in [-0.4, -0.2) is 30.2 Å². The topological polar surface area (TPSA) is 61.4 Å². The Kier molecular flexibility index (Phi) is 5.31. The van der Waals surface area contributed by atoms with Gasteiger partial charge in [0.05, 0.1) is 12.6 Å². The molecule has 0 spiro atoms. The molecule has 0 bridgehead atoms. The molecule has 0 aliphatic carbocycles. The van der Waals surface area contributed by atoms with Gasteiger partial charge < -0.3 is 15.7 Å². The van der Waals surface area contributed by atoms with E-state index in [-0.39, 0.29) is 18.6 Å². The number of hydrogen-bond acceptors (Lipinski definition) is 3. The molecule has 1 aromatic rings. The van der Waals surface area contributed by atoms with Crippen LogP contribution in [0.1, 0.15) is 23.6 Å². The number of carbonyl (C=O) groups excluding carboxylic acids is 1. The summed E-state index contributed by atoms with van der Waals surface area (Å²) in [5, 5.41) is 14.6. The summed E-state index contributed by atoms with van der Waals surface area (Å²) in [6, 6.07) is 3.78. The van der Waals surface area contributed by atoms with Crippen LogP contribution in [0.2, 0.25) is 0 Å². The van der Waals surface area contributed by atoms with Gasteiger partial charge in [0.15, 0.2) is 0 Å². The molecular weight excluding hydrogens is 228 g/mol. The van der Waals surface area contributed by atoms with Crippen LogP contribution in [0.4, 0.5) is 5.69 Å². The average molecular weight is 250 g/mol. The molecule has 1 rings (SSSR count). The number of aryl methyl sites for hydroxylation is 3. The van der Waals surface area contributed by atoms with Gasteiger partial charge in [-0.3, -0.25) is 4.79 Å². The molecule has 1 atom stereocenters. The van der Waals surface area contributed by atoms with Gasteiger partial charge in [-0.15, -0.1) is 0 Å². The zero-order valence-electron chi connectivity index (χ0n) is 11.5. The van der Waals surface area contributed by atoms with Crippen molar-refractivity contribution in [2.45, 2.75) is 33.7 Å². The van der Waals surface area contributed by atoms with Gasteiger partial charge in [-0.25, -0.2) is 0 Å². The van der Waals surface area contributed by atoms with Crippen LogP contribution in [0, 0.1) is 20.8 Å². The molecule has 18 heavy (non-hydrogen) atoms. The smallest absolute Gasteiger partial charge is 0.241 e. The van der Waals surface area contributed by atoms with E-state index in [2.05, 4.69) is 22.8 Å². The first kappa shape index (κ1) is 14.7. The Hall–Kier alpha value is -1.39. The number of aliphatic hydroxyl groups is 1. The Balaban J connectivity index is 2.76. The van der Waals surface area contributed by atoms with Crippen molar-refractivity contribution in [1.82, 2.24) is 5.32 Å². The zero-order valence-corrected chi connectivity index (χ0v) is 11.5. The van der Waals surface area contributed by atoms with Crippen LogP contribution in [0.5, 0.6) is 0 Å². The molecule has 4 nitrogen and oxygen atoms in total. The summed E-state index contributed by atoms with van der Waals surface area (Å²) in [6.45, 7) is 8.24. The second-order valence-electron chi connectivity index (χ2n) is 4.66. The van der Waals surface area contributed by atoms with E-state index < -0.39 is 0 Å². The number of hydrogen-bond donors (Lipinski definition) is 3. The molecule has 4 heteroatoms. The number of benzene rings is 1. The third-order valence-corrected chi connectivity index (χ3v) is 2.88. The van der Waals surface area contributed by atoms with E-state index in [0.717, 1.165) is 16.8 Å². The molecule has 1 unspecified atom stereocenters. The summed E-state index contributed by atoms with van der Waals surface area (Å²) >= 11 is 0. The Morgan fingerprint density at radius 1 is 1.28 bits per heavy atom. The number of nitrogens with one attached hydrogen (secondary N) is 2. The Morgan fingerprint density at radius 3 is 2.33 bits per heavy atom. The summed E-state index contributed by atoms with van der Waals surface area (Å²) in [6.07, 6.45) is 0. The average Bonchev–Trinajstić information content (AvgIpc) is 2.30. The van der Waals surface area contributed by atoms with Crippen molar-refractivity contribution in [2.24, 2.45) is 0 Å². The highest BCUT2D eigenvalue weighted by Gasteiger charge is 2.14. The van der Waals surface area contributed by atoms with E-state index in [1.807, 2.05) is 20.8 Å². The lowest BCUT2D eigenvalue weighted by atomic mass is 10.0. The van der Waals surface area contributed by atoms with E-state index in [9.17, 15) is 4.79 Å². The lowest BCUT2D eigenvalue weighted by molar-refractivity contribution is -0.117. The second-order valence-corrected chi connectivity index (χ2v) is 4.66. The SMILES string of the molecule is Cc1cc(C)c(NC(=O)C(C)NCCO)c(C)c1. The highest BCUT2D eigenvalue weighted by Crippen LogP contribution is 2.21. The molecule has 3 N–H and O–H groups in total. The summed E-state index contributed by atoms with van der Waals surface area (Å²) in [7, 11) is 0. The molecule has 1 aromatic carbocycles. The fourth-order valence-corrected chi connectivity index (χ4v) is 1.98. The molecule has 0 aliphatic heterocycles. The Labute approximate surface area is 108 Å². The molecule has 0 aromatic heterocycles. The number of anilines is 1. The molecule has 0 saturated carbocycles. The molecule has 0 radical (unpaired) electrons. The summed E-state index contributed by atoms with van der Waals surface area (Å²) in [5.74, 6) is -0.0847. The quantitative estimate of drug-likeness (QED) is 0.742. The minimum atomic E-state index is -0.322. The van der Waals surface area contributed by atoms with E-state index >= 15 is 0 Å². The largest absolute Gasteiger partial charge is 0.395 e. The third-order valence-electron chi connectivity index (χ3n) is 2.88. The van der Waals surface area contributed by atoms with Crippen molar-refractivity contribution in [2.75, 3.05) is 18.5 Å². The van der Waals surface area contributed by atoms with E-state index in [1.54, 1.807) is 6.92 Å². The van der Waals surface area contributed by atoms with Crippen LogP contribution < -0.4 is 10.6 Å². The van der Waals surface area contributed by atoms with Gasteiger partial charge in [-0.05, 0) is 38.8 Å². The fraction of sp³-hybridized carbons (Fsp3) is 0.500. The molecule has 0 heterocycles. The molecule has 1 amide bonds.